The minimum atomic E-state index is -0.168. The first-order valence-electron chi connectivity index (χ1n) is 10.5. The molecule has 5 heteroatoms. The van der Waals surface area contributed by atoms with E-state index in [9.17, 15) is 4.79 Å². The number of aromatic nitrogens is 3. The van der Waals surface area contributed by atoms with Crippen molar-refractivity contribution in [2.45, 2.75) is 6.92 Å². The first kappa shape index (κ1) is 19.7. The summed E-state index contributed by atoms with van der Waals surface area (Å²) in [7, 11) is 1.90. The van der Waals surface area contributed by atoms with E-state index >= 15 is 0 Å². The molecule has 0 saturated heterocycles. The molecule has 0 aliphatic rings. The number of hydrogen-bond acceptors (Lipinski definition) is 3. The van der Waals surface area contributed by atoms with Gasteiger partial charge in [-0.05, 0) is 42.3 Å². The lowest BCUT2D eigenvalue weighted by Crippen LogP contribution is -2.13. The largest absolute Gasteiger partial charge is 0.322 e. The van der Waals surface area contributed by atoms with Crippen LogP contribution in [0.15, 0.2) is 91.1 Å². The molecule has 2 aromatic heterocycles. The first-order valence-corrected chi connectivity index (χ1v) is 10.5. The van der Waals surface area contributed by atoms with Crippen LogP contribution >= 0.6 is 0 Å². The van der Waals surface area contributed by atoms with Gasteiger partial charge in [-0.15, -0.1) is 0 Å². The number of fused-ring (bicyclic) bond motifs is 1. The number of carbonyl (C=O) groups is 1. The van der Waals surface area contributed by atoms with Gasteiger partial charge in [0.15, 0.2) is 0 Å². The number of nitrogens with one attached hydrogen (secondary N) is 1. The second-order valence-corrected chi connectivity index (χ2v) is 7.74. The zero-order valence-electron chi connectivity index (χ0n) is 17.9. The second-order valence-electron chi connectivity index (χ2n) is 7.74. The Morgan fingerprint density at radius 3 is 2.28 bits per heavy atom. The number of benzene rings is 3. The van der Waals surface area contributed by atoms with E-state index < -0.39 is 0 Å². The average molecular weight is 419 g/mol. The molecule has 32 heavy (non-hydrogen) atoms. The Kier molecular flexibility index (Phi) is 5.00. The summed E-state index contributed by atoms with van der Waals surface area (Å²) in [6.07, 6.45) is 1.79. The van der Waals surface area contributed by atoms with Crippen LogP contribution in [0, 0.1) is 6.92 Å². The number of hydrogen-bond donors (Lipinski definition) is 1. The molecule has 1 N–H and O–H groups in total. The Bertz CT molecular complexity index is 1420. The molecule has 0 spiro atoms. The van der Waals surface area contributed by atoms with Crippen LogP contribution in [-0.2, 0) is 7.05 Å². The van der Waals surface area contributed by atoms with Crippen LogP contribution < -0.4 is 5.32 Å². The number of pyridine rings is 1. The Hall–Kier alpha value is -4.25. The monoisotopic (exact) mass is 418 g/mol. The summed E-state index contributed by atoms with van der Waals surface area (Å²) in [4.78, 5) is 18.1. The molecule has 0 unspecified atom stereocenters. The van der Waals surface area contributed by atoms with E-state index in [1.165, 1.54) is 0 Å². The van der Waals surface area contributed by atoms with Gasteiger partial charge in [-0.1, -0.05) is 60.7 Å². The quantitative estimate of drug-likeness (QED) is 0.397. The van der Waals surface area contributed by atoms with Crippen LogP contribution in [0.1, 0.15) is 16.1 Å². The third-order valence-corrected chi connectivity index (χ3v) is 5.72. The van der Waals surface area contributed by atoms with Crippen molar-refractivity contribution in [1.82, 2.24) is 14.8 Å². The molecule has 0 bridgehead atoms. The Morgan fingerprint density at radius 2 is 1.56 bits per heavy atom. The van der Waals surface area contributed by atoms with Gasteiger partial charge < -0.3 is 5.32 Å². The fourth-order valence-corrected chi connectivity index (χ4v) is 3.83. The number of rotatable bonds is 4. The fourth-order valence-electron chi connectivity index (χ4n) is 3.83. The van der Waals surface area contributed by atoms with E-state index in [0.29, 0.717) is 5.56 Å². The van der Waals surface area contributed by atoms with Crippen LogP contribution in [0.25, 0.3) is 33.3 Å². The number of carbonyl (C=O) groups excluding carboxylic acids is 1. The van der Waals surface area contributed by atoms with Crippen LogP contribution in [0.4, 0.5) is 5.69 Å². The molecular weight excluding hydrogens is 396 g/mol. The molecule has 0 fully saturated rings. The van der Waals surface area contributed by atoms with E-state index in [0.717, 1.165) is 44.7 Å². The molecule has 0 aliphatic carbocycles. The predicted octanol–water partition coefficient (Wildman–Crippen LogP) is 5.86. The lowest BCUT2D eigenvalue weighted by Gasteiger charge is -2.11. The lowest BCUT2D eigenvalue weighted by atomic mass is 10.0. The number of para-hydroxylation sites is 1. The summed E-state index contributed by atoms with van der Waals surface area (Å²) in [5.74, 6) is -0.168. The lowest BCUT2D eigenvalue weighted by molar-refractivity contribution is 0.102. The highest BCUT2D eigenvalue weighted by molar-refractivity contribution is 6.13. The third-order valence-electron chi connectivity index (χ3n) is 5.72. The van der Waals surface area contributed by atoms with Gasteiger partial charge in [-0.25, -0.2) is 4.98 Å². The number of aryl methyl sites for hydroxylation is 1. The van der Waals surface area contributed by atoms with Gasteiger partial charge in [0, 0.05) is 29.4 Å². The third kappa shape index (κ3) is 3.65. The highest BCUT2D eigenvalue weighted by Crippen LogP contribution is 2.28. The van der Waals surface area contributed by atoms with E-state index in [1.807, 2.05) is 86.8 Å². The number of nitrogens with zero attached hydrogens (tertiary/aromatic N) is 3. The highest BCUT2D eigenvalue weighted by Gasteiger charge is 2.16. The summed E-state index contributed by atoms with van der Waals surface area (Å²) in [5, 5.41) is 8.18. The maximum Gasteiger partial charge on any atom is 0.256 e. The van der Waals surface area contributed by atoms with Crippen molar-refractivity contribution in [2.75, 3.05) is 5.32 Å². The second kappa shape index (κ2) is 8.12. The highest BCUT2D eigenvalue weighted by atomic mass is 16.1. The fraction of sp³-hybridized carbons (Fsp3) is 0.0741. The zero-order valence-corrected chi connectivity index (χ0v) is 17.9. The number of amides is 1. The van der Waals surface area contributed by atoms with Crippen molar-refractivity contribution in [3.8, 4) is 22.4 Å². The first-order chi connectivity index (χ1) is 15.6. The summed E-state index contributed by atoms with van der Waals surface area (Å²) >= 11 is 0. The standard InChI is InChI=1S/C27H22N4O/c1-18-24(17-28-31(18)2)26-16-23(22-10-6-7-11-25(22)30-26)27(32)29-21-14-12-20(13-15-21)19-8-4-3-5-9-19/h3-17H,1-2H3,(H,29,32). The minimum Gasteiger partial charge on any atom is -0.322 e. The summed E-state index contributed by atoms with van der Waals surface area (Å²) in [6.45, 7) is 1.99. The van der Waals surface area contributed by atoms with Crippen molar-refractivity contribution in [1.29, 1.82) is 0 Å². The molecule has 5 rings (SSSR count). The molecule has 5 aromatic rings. The Labute approximate surface area is 186 Å². The van der Waals surface area contributed by atoms with Gasteiger partial charge >= 0.3 is 0 Å². The Morgan fingerprint density at radius 1 is 0.875 bits per heavy atom. The maximum absolute atomic E-state index is 13.3. The molecule has 1 amide bonds. The Balaban J connectivity index is 1.50. The number of anilines is 1. The smallest absolute Gasteiger partial charge is 0.256 e. The minimum absolute atomic E-state index is 0.168. The average Bonchev–Trinajstić information content (AvgIpc) is 3.17. The van der Waals surface area contributed by atoms with Crippen molar-refractivity contribution in [3.05, 3.63) is 102 Å². The normalized spacial score (nSPS) is 10.9. The molecule has 0 radical (unpaired) electrons. The summed E-state index contributed by atoms with van der Waals surface area (Å²) in [6, 6.07) is 27.6. The van der Waals surface area contributed by atoms with Crippen LogP contribution in [0.5, 0.6) is 0 Å². The van der Waals surface area contributed by atoms with Crippen LogP contribution in [0.2, 0.25) is 0 Å². The van der Waals surface area contributed by atoms with Gasteiger partial charge in [0.2, 0.25) is 0 Å². The molecule has 3 aromatic carbocycles. The van der Waals surface area contributed by atoms with Crippen molar-refractivity contribution in [3.63, 3.8) is 0 Å². The molecule has 0 atom stereocenters. The SMILES string of the molecule is Cc1c(-c2cc(C(=O)Nc3ccc(-c4ccccc4)cc3)c3ccccc3n2)cnn1C. The summed E-state index contributed by atoms with van der Waals surface area (Å²) < 4.78 is 1.81. The molecule has 2 heterocycles. The molecule has 156 valence electrons. The van der Waals surface area contributed by atoms with Crippen molar-refractivity contribution >= 4 is 22.5 Å². The van der Waals surface area contributed by atoms with Crippen LogP contribution in [-0.4, -0.2) is 20.7 Å². The van der Waals surface area contributed by atoms with E-state index in [4.69, 9.17) is 4.98 Å². The van der Waals surface area contributed by atoms with Gasteiger partial charge in [0.25, 0.3) is 5.91 Å². The van der Waals surface area contributed by atoms with E-state index in [2.05, 4.69) is 22.5 Å². The zero-order chi connectivity index (χ0) is 22.1. The topological polar surface area (TPSA) is 59.8 Å². The molecule has 0 saturated carbocycles. The summed E-state index contributed by atoms with van der Waals surface area (Å²) in [5.41, 5.74) is 7.00. The van der Waals surface area contributed by atoms with Gasteiger partial charge in [0.05, 0.1) is 23.0 Å². The van der Waals surface area contributed by atoms with E-state index in [1.54, 1.807) is 10.9 Å². The van der Waals surface area contributed by atoms with Crippen molar-refractivity contribution in [2.24, 2.45) is 7.05 Å². The van der Waals surface area contributed by atoms with Gasteiger partial charge in [-0.2, -0.15) is 5.10 Å². The molecule has 5 nitrogen and oxygen atoms in total. The van der Waals surface area contributed by atoms with Gasteiger partial charge in [0.1, 0.15) is 0 Å². The van der Waals surface area contributed by atoms with Crippen LogP contribution in [0.3, 0.4) is 0 Å². The molecular formula is C27H22N4O. The van der Waals surface area contributed by atoms with Gasteiger partial charge in [-0.3, -0.25) is 9.48 Å². The van der Waals surface area contributed by atoms with E-state index in [-0.39, 0.29) is 5.91 Å². The maximum atomic E-state index is 13.3. The predicted molar refractivity (Wildman–Crippen MR) is 129 cm³/mol. The molecule has 0 aliphatic heterocycles. The van der Waals surface area contributed by atoms with Crippen molar-refractivity contribution < 1.29 is 4.79 Å².